The van der Waals surface area contributed by atoms with Crippen molar-refractivity contribution in [1.82, 2.24) is 15.6 Å². The molecule has 218 valence electrons. The molecule has 1 aromatic heterocycles. The number of pyridine rings is 1. The van der Waals surface area contributed by atoms with E-state index in [9.17, 15) is 33.4 Å². The highest BCUT2D eigenvalue weighted by Crippen LogP contribution is 3.02. The molecule has 0 spiro atoms. The molecule has 1 aromatic carbocycles. The molecule has 0 bridgehead atoms. The lowest BCUT2D eigenvalue weighted by atomic mass is 9.95. The Morgan fingerprint density at radius 3 is 2.36 bits per heavy atom. The summed E-state index contributed by atoms with van der Waals surface area (Å²) >= 11 is 0. The summed E-state index contributed by atoms with van der Waals surface area (Å²) in [6.07, 6.45) is 8.63. The van der Waals surface area contributed by atoms with Crippen LogP contribution in [-0.4, -0.2) is 54.1 Å². The zero-order valence-corrected chi connectivity index (χ0v) is 22.0. The molecule has 2 aromatic rings. The van der Waals surface area contributed by atoms with Crippen LogP contribution in [0.1, 0.15) is 50.1 Å². The quantitative estimate of drug-likeness (QED) is 0.299. The average molecular weight is 583 g/mol. The molecule has 4 rings (SSSR count). The molecule has 3 unspecified atom stereocenters. The number of amides is 1. The summed E-state index contributed by atoms with van der Waals surface area (Å²) < 4.78 is 79.3. The summed E-state index contributed by atoms with van der Waals surface area (Å²) in [4.78, 5) is 25.7. The summed E-state index contributed by atoms with van der Waals surface area (Å²) in [7, 11) is -8.80. The van der Waals surface area contributed by atoms with E-state index in [1.165, 1.54) is 24.3 Å². The van der Waals surface area contributed by atoms with Crippen LogP contribution < -0.4 is 15.5 Å². The molecule has 0 radical (unpaired) electrons. The molecule has 1 amide bonds. The van der Waals surface area contributed by atoms with Crippen molar-refractivity contribution in [2.75, 3.05) is 18.5 Å². The Bertz CT molecular complexity index is 1150. The molecule has 1 aliphatic carbocycles. The number of aliphatic hydroxyl groups excluding tert-OH is 1. The van der Waals surface area contributed by atoms with Gasteiger partial charge in [-0.15, -0.1) is 0 Å². The number of likely N-dealkylation sites (N-methyl/N-ethyl adjacent to an activating group) is 1. The molecule has 1 saturated carbocycles. The number of hydrogen-bond donors (Lipinski definition) is 3. The molecule has 2 aliphatic rings. The number of hydrogen-bond acceptors (Lipinski definition) is 6. The minimum Gasteiger partial charge on any atom is -0.392 e. The molecule has 3 N–H and O–H groups in total. The Hall–Kier alpha value is -2.84. The number of benzene rings is 1. The number of carbonyl (C=O) groups is 2. The average Bonchev–Trinajstić information content (AvgIpc) is 3.29. The van der Waals surface area contributed by atoms with Gasteiger partial charge in [0.2, 0.25) is 5.91 Å². The molecule has 1 aliphatic heterocycles. The maximum absolute atomic E-state index is 14.1. The normalized spacial score (nSPS) is 22.5. The fourth-order valence-electron chi connectivity index (χ4n) is 4.64. The minimum atomic E-state index is -10.2. The lowest BCUT2D eigenvalue weighted by Gasteiger charge is -2.41. The topological polar surface area (TPSA) is 94.6 Å². The first-order valence-electron chi connectivity index (χ1n) is 12.4. The predicted molar refractivity (Wildman–Crippen MR) is 137 cm³/mol. The van der Waals surface area contributed by atoms with Gasteiger partial charge in [0.1, 0.15) is 23.0 Å². The zero-order chi connectivity index (χ0) is 28.9. The Balaban J connectivity index is 0.000000449. The van der Waals surface area contributed by atoms with Gasteiger partial charge in [0.15, 0.2) is 0 Å². The van der Waals surface area contributed by atoms with Gasteiger partial charge in [-0.3, -0.25) is 9.78 Å². The summed E-state index contributed by atoms with van der Waals surface area (Å²) in [5.74, 6) is -2.53. The molecular formula is C25H32F6N4O3S. The third-order valence-electron chi connectivity index (χ3n) is 6.63. The molecule has 2 heterocycles. The lowest BCUT2D eigenvalue weighted by molar-refractivity contribution is -0.123. The Labute approximate surface area is 222 Å². The second-order valence-corrected chi connectivity index (χ2v) is 12.1. The van der Waals surface area contributed by atoms with E-state index in [2.05, 4.69) is 15.6 Å². The third-order valence-corrected chi connectivity index (χ3v) is 7.79. The molecule has 3 atom stereocenters. The van der Waals surface area contributed by atoms with Gasteiger partial charge >= 0.3 is 10.2 Å². The number of nitrogens with one attached hydrogen (secondary N) is 2. The summed E-state index contributed by atoms with van der Waals surface area (Å²) in [5.41, 5.74) is 0.270. The van der Waals surface area contributed by atoms with Crippen LogP contribution in [0.25, 0.3) is 0 Å². The van der Waals surface area contributed by atoms with Crippen LogP contribution in [0.15, 0.2) is 47.6 Å². The standard InChI is InChI=1S/C20H23F6N3OS.C5H9NO2/c1-29(16-9-10-18(17(21)12-16)31(22,23,24,25)26)19(14-6-5-11-27-13-14)20(30)28-15-7-3-2-4-8-15;7-3-4-1-5(8)2-6-4/h5-6,9-13,15,19H,2-4,7-8H2,1H3,(H,28,30);3-6,8H,1-2H2. The number of anilines is 1. The van der Waals surface area contributed by atoms with Crippen molar-refractivity contribution in [3.63, 3.8) is 0 Å². The van der Waals surface area contributed by atoms with Gasteiger partial charge in [-0.25, -0.2) is 4.39 Å². The van der Waals surface area contributed by atoms with E-state index in [0.717, 1.165) is 44.5 Å². The van der Waals surface area contributed by atoms with Crippen LogP contribution in [0.5, 0.6) is 0 Å². The Kier molecular flexibility index (Phi) is 8.92. The Morgan fingerprint density at radius 2 is 1.87 bits per heavy atom. The molecule has 7 nitrogen and oxygen atoms in total. The molecule has 2 fully saturated rings. The number of carbonyl (C=O) groups excluding carboxylic acids is 2. The lowest BCUT2D eigenvalue weighted by Crippen LogP contribution is -2.44. The van der Waals surface area contributed by atoms with Crippen molar-refractivity contribution < 1.29 is 38.5 Å². The van der Waals surface area contributed by atoms with Crippen LogP contribution >= 0.6 is 10.2 Å². The smallest absolute Gasteiger partial charge is 0.313 e. The predicted octanol–water partition coefficient (Wildman–Crippen LogP) is 5.41. The number of rotatable bonds is 7. The number of nitrogens with zero attached hydrogens (tertiary/aromatic N) is 2. The van der Waals surface area contributed by atoms with Crippen LogP contribution in [0, 0.1) is 5.82 Å². The van der Waals surface area contributed by atoms with E-state index in [1.807, 2.05) is 0 Å². The Morgan fingerprint density at radius 1 is 1.18 bits per heavy atom. The van der Waals surface area contributed by atoms with Crippen molar-refractivity contribution in [2.24, 2.45) is 0 Å². The highest BCUT2D eigenvalue weighted by molar-refractivity contribution is 8.45. The largest absolute Gasteiger partial charge is 0.392 e. The fraction of sp³-hybridized carbons (Fsp3) is 0.480. The number of aliphatic hydroxyl groups is 1. The van der Waals surface area contributed by atoms with Gasteiger partial charge in [0.25, 0.3) is 0 Å². The monoisotopic (exact) mass is 582 g/mol. The van der Waals surface area contributed by atoms with Gasteiger partial charge in [0, 0.05) is 43.3 Å². The molecular weight excluding hydrogens is 550 g/mol. The van der Waals surface area contributed by atoms with E-state index < -0.39 is 32.9 Å². The number of aldehydes is 1. The van der Waals surface area contributed by atoms with Crippen molar-refractivity contribution in [3.8, 4) is 0 Å². The van der Waals surface area contributed by atoms with E-state index in [4.69, 9.17) is 5.11 Å². The third kappa shape index (κ3) is 8.57. The van der Waals surface area contributed by atoms with E-state index >= 15 is 0 Å². The highest BCUT2D eigenvalue weighted by atomic mass is 32.5. The van der Waals surface area contributed by atoms with Gasteiger partial charge in [0.05, 0.1) is 12.1 Å². The summed E-state index contributed by atoms with van der Waals surface area (Å²) in [6.45, 7) is 0.559. The highest BCUT2D eigenvalue weighted by Gasteiger charge is 2.67. The van der Waals surface area contributed by atoms with Crippen LogP contribution in [0.4, 0.5) is 29.5 Å². The van der Waals surface area contributed by atoms with Crippen LogP contribution in [0.3, 0.4) is 0 Å². The maximum atomic E-state index is 14.1. The van der Waals surface area contributed by atoms with Gasteiger partial charge in [-0.2, -0.15) is 0 Å². The summed E-state index contributed by atoms with van der Waals surface area (Å²) in [6, 6.07) is 3.11. The first-order chi connectivity index (χ1) is 18.1. The van der Waals surface area contributed by atoms with Crippen LogP contribution in [0.2, 0.25) is 0 Å². The van der Waals surface area contributed by atoms with Gasteiger partial charge in [-0.1, -0.05) is 44.8 Å². The molecule has 14 heteroatoms. The number of halogens is 6. The first-order valence-corrected chi connectivity index (χ1v) is 14.4. The number of aromatic nitrogens is 1. The SMILES string of the molecule is CN(c1ccc(S(F)(F)(F)(F)F)c(F)c1)C(C(=O)NC1CCCCC1)c1cccnc1.O=CC1CC(O)CN1. The van der Waals surface area contributed by atoms with E-state index in [0.29, 0.717) is 24.6 Å². The van der Waals surface area contributed by atoms with Crippen molar-refractivity contribution in [2.45, 2.75) is 67.6 Å². The zero-order valence-electron chi connectivity index (χ0n) is 21.2. The second kappa shape index (κ2) is 11.3. The maximum Gasteiger partial charge on any atom is 0.313 e. The number of β-amino-alcohol motifs (C(OH)–C–C–N with tert-alkyl or cyclic N) is 1. The van der Waals surface area contributed by atoms with Crippen molar-refractivity contribution in [3.05, 3.63) is 54.1 Å². The summed E-state index contributed by atoms with van der Waals surface area (Å²) in [5, 5.41) is 14.6. The molecule has 1 saturated heterocycles. The minimum absolute atomic E-state index is 0.0159. The molecule has 39 heavy (non-hydrogen) atoms. The van der Waals surface area contributed by atoms with Gasteiger partial charge in [-0.05, 0) is 43.5 Å². The van der Waals surface area contributed by atoms with Gasteiger partial charge < -0.3 is 25.4 Å². The first kappa shape index (κ1) is 30.7. The van der Waals surface area contributed by atoms with Crippen molar-refractivity contribution >= 4 is 28.1 Å². The van der Waals surface area contributed by atoms with E-state index in [1.54, 1.807) is 12.1 Å². The fourth-order valence-corrected chi connectivity index (χ4v) is 5.39. The second-order valence-electron chi connectivity index (χ2n) is 9.77. The van der Waals surface area contributed by atoms with Crippen LogP contribution in [-0.2, 0) is 9.59 Å². The van der Waals surface area contributed by atoms with Crippen molar-refractivity contribution in [1.29, 1.82) is 0 Å². The van der Waals surface area contributed by atoms with E-state index in [-0.39, 0.29) is 29.9 Å².